The fourth-order valence-corrected chi connectivity index (χ4v) is 4.35. The molecule has 0 aliphatic carbocycles. The molecule has 1 aliphatic heterocycles. The van der Waals surface area contributed by atoms with Gasteiger partial charge in [-0.25, -0.2) is 4.98 Å². The van der Waals surface area contributed by atoms with Crippen molar-refractivity contribution in [3.05, 3.63) is 84.2 Å². The van der Waals surface area contributed by atoms with Gasteiger partial charge in [-0.15, -0.1) is 0 Å². The molecule has 9 heteroatoms. The highest BCUT2D eigenvalue weighted by Crippen LogP contribution is 2.32. The molecule has 1 aliphatic rings. The van der Waals surface area contributed by atoms with Gasteiger partial charge in [0.1, 0.15) is 17.9 Å². The van der Waals surface area contributed by atoms with E-state index in [9.17, 15) is 4.79 Å². The van der Waals surface area contributed by atoms with Crippen LogP contribution in [0.15, 0.2) is 73.1 Å². The van der Waals surface area contributed by atoms with Crippen molar-refractivity contribution in [1.29, 1.82) is 0 Å². The second kappa shape index (κ2) is 11.8. The van der Waals surface area contributed by atoms with Gasteiger partial charge in [0.2, 0.25) is 5.88 Å². The van der Waals surface area contributed by atoms with Crippen molar-refractivity contribution < 1.29 is 19.0 Å². The van der Waals surface area contributed by atoms with Crippen LogP contribution in [0.1, 0.15) is 22.8 Å². The molecule has 4 aromatic rings. The zero-order chi connectivity index (χ0) is 26.3. The Kier molecular flexibility index (Phi) is 7.84. The van der Waals surface area contributed by atoms with Crippen molar-refractivity contribution in [2.24, 2.45) is 0 Å². The first-order valence-electron chi connectivity index (χ1n) is 12.7. The van der Waals surface area contributed by atoms with E-state index in [4.69, 9.17) is 14.2 Å². The average Bonchev–Trinajstić information content (AvgIpc) is 3.40. The Morgan fingerprint density at radius 3 is 2.63 bits per heavy atom. The van der Waals surface area contributed by atoms with Gasteiger partial charge in [-0.1, -0.05) is 12.1 Å². The minimum absolute atomic E-state index is 0.149. The maximum atomic E-state index is 13.3. The third kappa shape index (κ3) is 5.78. The highest BCUT2D eigenvalue weighted by Gasteiger charge is 2.21. The maximum absolute atomic E-state index is 13.3. The lowest BCUT2D eigenvalue weighted by molar-refractivity contribution is 0.0770. The predicted molar refractivity (Wildman–Crippen MR) is 144 cm³/mol. The number of hydrogen-bond donors (Lipinski definition) is 1. The highest BCUT2D eigenvalue weighted by atomic mass is 16.5. The number of benzene rings is 2. The Bertz CT molecular complexity index is 1370. The first-order chi connectivity index (χ1) is 18.6. The number of nitrogens with one attached hydrogen (secondary N) is 1. The van der Waals surface area contributed by atoms with Crippen molar-refractivity contribution in [1.82, 2.24) is 25.0 Å². The number of rotatable bonds is 5. The number of fused-ring (bicyclic) bond motifs is 2. The summed E-state index contributed by atoms with van der Waals surface area (Å²) in [5, 5.41) is 7.46. The summed E-state index contributed by atoms with van der Waals surface area (Å²) in [7, 11) is 1.80. The van der Waals surface area contributed by atoms with Crippen LogP contribution in [-0.2, 0) is 6.54 Å². The molecule has 0 atom stereocenters. The zero-order valence-electron chi connectivity index (χ0n) is 21.6. The summed E-state index contributed by atoms with van der Waals surface area (Å²) >= 11 is 0. The number of ether oxygens (including phenoxy) is 3. The summed E-state index contributed by atoms with van der Waals surface area (Å²) < 4.78 is 17.8. The van der Waals surface area contributed by atoms with Gasteiger partial charge in [-0.3, -0.25) is 14.8 Å². The summed E-state index contributed by atoms with van der Waals surface area (Å²) in [4.78, 5) is 21.6. The second-order valence-electron chi connectivity index (χ2n) is 8.98. The number of amides is 1. The molecule has 0 radical (unpaired) electrons. The highest BCUT2D eigenvalue weighted by molar-refractivity contribution is 5.96. The fourth-order valence-electron chi connectivity index (χ4n) is 4.35. The largest absolute Gasteiger partial charge is 0.494 e. The Morgan fingerprint density at radius 1 is 1.00 bits per heavy atom. The molecule has 0 spiro atoms. The lowest BCUT2D eigenvalue weighted by Crippen LogP contribution is -2.38. The standard InChI is InChI=1S/C29H31N5O4/c1-3-36-23-12-10-21(11-13-23)27-22(19-31-32-27)20-34-16-15-33(2)29(35)24-7-6-14-30-28(24)38-26-9-5-4-8-25(26)37-18-17-34/h4-14,19H,3,15-18,20H2,1-2H3,(H,31,32). The van der Waals surface area contributed by atoms with Crippen LogP contribution in [0.2, 0.25) is 0 Å². The molecule has 1 amide bonds. The second-order valence-corrected chi connectivity index (χ2v) is 8.98. The lowest BCUT2D eigenvalue weighted by atomic mass is 10.1. The van der Waals surface area contributed by atoms with Gasteiger partial charge < -0.3 is 19.1 Å². The van der Waals surface area contributed by atoms with Gasteiger partial charge >= 0.3 is 0 Å². The topological polar surface area (TPSA) is 92.8 Å². The molecule has 9 nitrogen and oxygen atoms in total. The normalized spacial score (nSPS) is 14.7. The molecule has 0 saturated heterocycles. The van der Waals surface area contributed by atoms with Crippen molar-refractivity contribution in [2.75, 3.05) is 39.9 Å². The minimum Gasteiger partial charge on any atom is -0.494 e. The summed E-state index contributed by atoms with van der Waals surface area (Å²) in [6, 6.07) is 18.9. The quantitative estimate of drug-likeness (QED) is 0.416. The van der Waals surface area contributed by atoms with Gasteiger partial charge in [-0.2, -0.15) is 5.10 Å². The Balaban J connectivity index is 1.39. The number of nitrogens with zero attached hydrogens (tertiary/aromatic N) is 4. The van der Waals surface area contributed by atoms with Crippen LogP contribution >= 0.6 is 0 Å². The van der Waals surface area contributed by atoms with E-state index in [1.54, 1.807) is 30.3 Å². The molecular formula is C29H31N5O4. The first-order valence-corrected chi connectivity index (χ1v) is 12.7. The van der Waals surface area contributed by atoms with Crippen LogP contribution in [0.5, 0.6) is 23.1 Å². The number of H-pyrrole nitrogens is 1. The Labute approximate surface area is 222 Å². The van der Waals surface area contributed by atoms with Gasteiger partial charge in [0.05, 0.1) is 18.5 Å². The lowest BCUT2D eigenvalue weighted by Gasteiger charge is -2.25. The maximum Gasteiger partial charge on any atom is 0.259 e. The van der Waals surface area contributed by atoms with Crippen LogP contribution in [0.4, 0.5) is 0 Å². The number of hydrogen-bond acceptors (Lipinski definition) is 7. The first kappa shape index (κ1) is 25.3. The molecule has 3 heterocycles. The molecular weight excluding hydrogens is 482 g/mol. The number of aromatic nitrogens is 3. The predicted octanol–water partition coefficient (Wildman–Crippen LogP) is 4.63. The molecule has 2 aromatic heterocycles. The summed E-state index contributed by atoms with van der Waals surface area (Å²) in [6.45, 7) is 5.50. The van der Waals surface area contributed by atoms with Crippen molar-refractivity contribution >= 4 is 5.91 Å². The minimum atomic E-state index is -0.149. The van der Waals surface area contributed by atoms with Gasteiger partial charge in [0.25, 0.3) is 5.91 Å². The Morgan fingerprint density at radius 2 is 1.82 bits per heavy atom. The van der Waals surface area contributed by atoms with E-state index in [-0.39, 0.29) is 11.8 Å². The van der Waals surface area contributed by atoms with Crippen LogP contribution < -0.4 is 14.2 Å². The smallest absolute Gasteiger partial charge is 0.259 e. The number of likely N-dealkylation sites (N-methyl/N-ethyl adjacent to an activating group) is 1. The molecule has 0 saturated carbocycles. The van der Waals surface area contributed by atoms with Gasteiger partial charge in [-0.05, 0) is 55.5 Å². The summed E-state index contributed by atoms with van der Waals surface area (Å²) in [6.07, 6.45) is 3.47. The third-order valence-corrected chi connectivity index (χ3v) is 6.39. The molecule has 196 valence electrons. The SMILES string of the molecule is CCOc1ccc(-c2[nH]ncc2CN2CCOc3ccccc3Oc3ncccc3C(=O)N(C)CC2)cc1. The molecule has 1 N–H and O–H groups in total. The fraction of sp³-hybridized carbons (Fsp3) is 0.276. The van der Waals surface area contributed by atoms with Gasteiger partial charge in [0.15, 0.2) is 11.5 Å². The number of aromatic amines is 1. The number of para-hydroxylation sites is 2. The van der Waals surface area contributed by atoms with E-state index >= 15 is 0 Å². The number of carbonyl (C=O) groups is 1. The van der Waals surface area contributed by atoms with Crippen LogP contribution in [-0.4, -0.2) is 70.8 Å². The van der Waals surface area contributed by atoms with E-state index in [2.05, 4.69) is 20.1 Å². The zero-order valence-corrected chi connectivity index (χ0v) is 21.6. The molecule has 5 rings (SSSR count). The summed E-state index contributed by atoms with van der Waals surface area (Å²) in [5.41, 5.74) is 3.46. The molecule has 38 heavy (non-hydrogen) atoms. The average molecular weight is 514 g/mol. The van der Waals surface area contributed by atoms with Gasteiger partial charge in [0, 0.05) is 50.6 Å². The molecule has 0 unspecified atom stereocenters. The van der Waals surface area contributed by atoms with Crippen LogP contribution in [0, 0.1) is 0 Å². The molecule has 2 aromatic carbocycles. The monoisotopic (exact) mass is 513 g/mol. The molecule has 0 bridgehead atoms. The van der Waals surface area contributed by atoms with E-state index in [0.717, 1.165) is 22.6 Å². The van der Waals surface area contributed by atoms with E-state index in [1.807, 2.05) is 61.7 Å². The van der Waals surface area contributed by atoms with Crippen LogP contribution in [0.25, 0.3) is 11.3 Å². The number of pyridine rings is 1. The number of carbonyl (C=O) groups excluding carboxylic acids is 1. The summed E-state index contributed by atoms with van der Waals surface area (Å²) in [5.74, 6) is 2.06. The van der Waals surface area contributed by atoms with E-state index < -0.39 is 0 Å². The van der Waals surface area contributed by atoms with Crippen molar-refractivity contribution in [2.45, 2.75) is 13.5 Å². The van der Waals surface area contributed by atoms with E-state index in [0.29, 0.717) is 56.5 Å². The van der Waals surface area contributed by atoms with Crippen molar-refractivity contribution in [3.8, 4) is 34.4 Å². The molecule has 0 fully saturated rings. The van der Waals surface area contributed by atoms with Crippen LogP contribution in [0.3, 0.4) is 0 Å². The van der Waals surface area contributed by atoms with Crippen molar-refractivity contribution in [3.63, 3.8) is 0 Å². The Hall–Kier alpha value is -4.37. The van der Waals surface area contributed by atoms with E-state index in [1.165, 1.54) is 0 Å². The third-order valence-electron chi connectivity index (χ3n) is 6.39.